The van der Waals surface area contributed by atoms with Crippen LogP contribution in [0.3, 0.4) is 0 Å². The number of carbonyl (C=O) groups is 2. The highest BCUT2D eigenvalue weighted by atomic mass is 16.5. The Morgan fingerprint density at radius 1 is 1.32 bits per heavy atom. The van der Waals surface area contributed by atoms with Crippen LogP contribution >= 0.6 is 0 Å². The third-order valence-corrected chi connectivity index (χ3v) is 4.31. The van der Waals surface area contributed by atoms with Gasteiger partial charge in [-0.2, -0.15) is 14.6 Å². The van der Waals surface area contributed by atoms with Crippen LogP contribution in [0.1, 0.15) is 24.6 Å². The molecule has 1 aliphatic rings. The minimum atomic E-state index is -0.294. The largest absolute Gasteiger partial charge is 0.466 e. The standard InChI is InChI=1S/C16H22N6O3/c1-3-25-14(24)9-13-12(2)19-16-17-10-18-22(16)15(13)21-6-4-5-20(11-23)7-8-21/h10-11H,3-9H2,1-2H3. The number of rotatable bonds is 5. The molecule has 1 aliphatic heterocycles. The molecule has 0 atom stereocenters. The zero-order chi connectivity index (χ0) is 17.8. The van der Waals surface area contributed by atoms with E-state index < -0.39 is 0 Å². The molecule has 0 aliphatic carbocycles. The molecule has 2 aromatic heterocycles. The first-order valence-electron chi connectivity index (χ1n) is 8.43. The minimum Gasteiger partial charge on any atom is -0.466 e. The summed E-state index contributed by atoms with van der Waals surface area (Å²) >= 11 is 0. The summed E-state index contributed by atoms with van der Waals surface area (Å²) in [6.45, 7) is 6.75. The lowest BCUT2D eigenvalue weighted by Gasteiger charge is -2.26. The summed E-state index contributed by atoms with van der Waals surface area (Å²) in [4.78, 5) is 35.7. The molecule has 1 amide bonds. The van der Waals surface area contributed by atoms with E-state index in [-0.39, 0.29) is 12.4 Å². The summed E-state index contributed by atoms with van der Waals surface area (Å²) in [6, 6.07) is 0. The Morgan fingerprint density at radius 3 is 2.92 bits per heavy atom. The normalized spacial score (nSPS) is 15.3. The summed E-state index contributed by atoms with van der Waals surface area (Å²) < 4.78 is 6.78. The fraction of sp³-hybridized carbons (Fsp3) is 0.562. The molecule has 1 saturated heterocycles. The number of hydrogen-bond donors (Lipinski definition) is 0. The molecule has 0 aromatic carbocycles. The number of aromatic nitrogens is 4. The monoisotopic (exact) mass is 346 g/mol. The van der Waals surface area contributed by atoms with E-state index in [1.165, 1.54) is 6.33 Å². The number of fused-ring (bicyclic) bond motifs is 1. The topological polar surface area (TPSA) is 92.9 Å². The van der Waals surface area contributed by atoms with E-state index in [9.17, 15) is 9.59 Å². The average molecular weight is 346 g/mol. The Kier molecular flexibility index (Phi) is 5.11. The molecule has 9 heteroatoms. The van der Waals surface area contributed by atoms with Gasteiger partial charge in [-0.1, -0.05) is 0 Å². The van der Waals surface area contributed by atoms with Gasteiger partial charge in [0.25, 0.3) is 5.78 Å². The molecule has 0 unspecified atom stereocenters. The van der Waals surface area contributed by atoms with Gasteiger partial charge >= 0.3 is 5.97 Å². The van der Waals surface area contributed by atoms with E-state index in [4.69, 9.17) is 4.74 Å². The van der Waals surface area contributed by atoms with Gasteiger partial charge in [0, 0.05) is 37.4 Å². The van der Waals surface area contributed by atoms with Gasteiger partial charge in [-0.15, -0.1) is 0 Å². The van der Waals surface area contributed by atoms with E-state index in [1.54, 1.807) is 16.3 Å². The molecule has 0 saturated carbocycles. The van der Waals surface area contributed by atoms with Crippen molar-refractivity contribution in [2.45, 2.75) is 26.7 Å². The number of hydrogen-bond acceptors (Lipinski definition) is 7. The SMILES string of the molecule is CCOC(=O)Cc1c(C)nc2ncnn2c1N1CCCN(C=O)CC1. The molecule has 9 nitrogen and oxygen atoms in total. The van der Waals surface area contributed by atoms with Gasteiger partial charge in [0.05, 0.1) is 13.0 Å². The molecule has 0 radical (unpaired) electrons. The molecule has 2 aromatic rings. The Bertz CT molecular complexity index is 775. The second kappa shape index (κ2) is 7.45. The van der Waals surface area contributed by atoms with Crippen molar-refractivity contribution in [1.82, 2.24) is 24.5 Å². The van der Waals surface area contributed by atoms with Crippen molar-refractivity contribution >= 4 is 24.0 Å². The Hall–Kier alpha value is -2.71. The summed E-state index contributed by atoms with van der Waals surface area (Å²) in [6.07, 6.45) is 3.31. The van der Waals surface area contributed by atoms with Crippen molar-refractivity contribution in [1.29, 1.82) is 0 Å². The maximum atomic E-state index is 12.1. The zero-order valence-corrected chi connectivity index (χ0v) is 14.5. The van der Waals surface area contributed by atoms with Crippen LogP contribution in [0.25, 0.3) is 5.78 Å². The second-order valence-electron chi connectivity index (χ2n) is 5.93. The van der Waals surface area contributed by atoms with Crippen LogP contribution in [0.15, 0.2) is 6.33 Å². The van der Waals surface area contributed by atoms with Gasteiger partial charge in [-0.25, -0.2) is 4.98 Å². The quantitative estimate of drug-likeness (QED) is 0.564. The number of nitrogens with zero attached hydrogens (tertiary/aromatic N) is 6. The van der Waals surface area contributed by atoms with Gasteiger partial charge in [0.2, 0.25) is 6.41 Å². The molecule has 25 heavy (non-hydrogen) atoms. The van der Waals surface area contributed by atoms with Crippen LogP contribution in [0.2, 0.25) is 0 Å². The van der Waals surface area contributed by atoms with Crippen LogP contribution in [-0.2, 0) is 20.7 Å². The molecule has 0 spiro atoms. The van der Waals surface area contributed by atoms with E-state index in [0.29, 0.717) is 25.5 Å². The highest BCUT2D eigenvalue weighted by Gasteiger charge is 2.24. The van der Waals surface area contributed by atoms with Crippen LogP contribution in [0, 0.1) is 6.92 Å². The first-order valence-corrected chi connectivity index (χ1v) is 8.43. The number of ether oxygens (including phenoxy) is 1. The number of amides is 1. The summed E-state index contributed by atoms with van der Waals surface area (Å²) in [5.41, 5.74) is 1.52. The lowest BCUT2D eigenvalue weighted by molar-refractivity contribution is -0.142. The van der Waals surface area contributed by atoms with Crippen molar-refractivity contribution in [3.8, 4) is 0 Å². The maximum Gasteiger partial charge on any atom is 0.310 e. The maximum absolute atomic E-state index is 12.1. The van der Waals surface area contributed by atoms with Crippen molar-refractivity contribution < 1.29 is 14.3 Å². The third kappa shape index (κ3) is 3.54. The predicted octanol–water partition coefficient (Wildman–Crippen LogP) is 0.207. The van der Waals surface area contributed by atoms with Gasteiger partial charge in [0.1, 0.15) is 12.1 Å². The first kappa shape index (κ1) is 17.1. The molecule has 0 bridgehead atoms. The summed E-state index contributed by atoms with van der Waals surface area (Å²) in [5, 5.41) is 4.28. The van der Waals surface area contributed by atoms with Crippen molar-refractivity contribution in [3.63, 3.8) is 0 Å². The summed E-state index contributed by atoms with van der Waals surface area (Å²) in [7, 11) is 0. The molecule has 134 valence electrons. The Morgan fingerprint density at radius 2 is 2.16 bits per heavy atom. The van der Waals surface area contributed by atoms with E-state index in [1.807, 2.05) is 6.92 Å². The number of anilines is 1. The molecular formula is C16H22N6O3. The lowest BCUT2D eigenvalue weighted by atomic mass is 10.1. The van der Waals surface area contributed by atoms with Gasteiger partial charge in [-0.05, 0) is 20.3 Å². The number of carbonyl (C=O) groups excluding carboxylic acids is 2. The zero-order valence-electron chi connectivity index (χ0n) is 14.5. The molecule has 3 heterocycles. The van der Waals surface area contributed by atoms with Crippen LogP contribution in [0.4, 0.5) is 5.82 Å². The van der Waals surface area contributed by atoms with Gasteiger partial charge in [0.15, 0.2) is 0 Å². The van der Waals surface area contributed by atoms with Crippen LogP contribution in [-0.4, -0.2) is 69.6 Å². The highest BCUT2D eigenvalue weighted by Crippen LogP contribution is 2.25. The highest BCUT2D eigenvalue weighted by molar-refractivity contribution is 5.75. The van der Waals surface area contributed by atoms with Crippen LogP contribution < -0.4 is 4.90 Å². The Balaban J connectivity index is 2.02. The number of aryl methyl sites for hydroxylation is 1. The van der Waals surface area contributed by atoms with Gasteiger partial charge in [-0.3, -0.25) is 9.59 Å². The first-order chi connectivity index (χ1) is 12.1. The van der Waals surface area contributed by atoms with Crippen LogP contribution in [0.5, 0.6) is 0 Å². The smallest absolute Gasteiger partial charge is 0.310 e. The van der Waals surface area contributed by atoms with E-state index >= 15 is 0 Å². The van der Waals surface area contributed by atoms with Crippen molar-refractivity contribution in [2.75, 3.05) is 37.7 Å². The molecule has 0 N–H and O–H groups in total. The lowest BCUT2D eigenvalue weighted by Crippen LogP contribution is -2.33. The van der Waals surface area contributed by atoms with E-state index in [2.05, 4.69) is 20.0 Å². The third-order valence-electron chi connectivity index (χ3n) is 4.31. The fourth-order valence-electron chi connectivity index (χ4n) is 3.11. The second-order valence-corrected chi connectivity index (χ2v) is 5.93. The minimum absolute atomic E-state index is 0.131. The Labute approximate surface area is 145 Å². The molecular weight excluding hydrogens is 324 g/mol. The van der Waals surface area contributed by atoms with E-state index in [0.717, 1.165) is 43.0 Å². The molecule has 1 fully saturated rings. The van der Waals surface area contributed by atoms with Gasteiger partial charge < -0.3 is 14.5 Å². The average Bonchev–Trinajstić information content (AvgIpc) is 2.91. The van der Waals surface area contributed by atoms with Crippen molar-refractivity contribution in [2.24, 2.45) is 0 Å². The molecule has 3 rings (SSSR count). The summed E-state index contributed by atoms with van der Waals surface area (Å²) in [5.74, 6) is 1.01. The van der Waals surface area contributed by atoms with Crippen molar-refractivity contribution in [3.05, 3.63) is 17.6 Å². The predicted molar refractivity (Wildman–Crippen MR) is 90.3 cm³/mol. The fourth-order valence-corrected chi connectivity index (χ4v) is 3.11. The number of esters is 1.